The predicted octanol–water partition coefficient (Wildman–Crippen LogP) is 3.69. The van der Waals surface area contributed by atoms with Crippen molar-refractivity contribution in [2.24, 2.45) is 0 Å². The van der Waals surface area contributed by atoms with Crippen LogP contribution >= 0.6 is 0 Å². The molecule has 4 heteroatoms. The first kappa shape index (κ1) is 17.2. The van der Waals surface area contributed by atoms with Gasteiger partial charge in [-0.05, 0) is 43.9 Å². The van der Waals surface area contributed by atoms with Crippen molar-refractivity contribution in [3.05, 3.63) is 37.0 Å². The topological polar surface area (TPSA) is 44.4 Å². The zero-order valence-electron chi connectivity index (χ0n) is 13.2. The van der Waals surface area contributed by atoms with Gasteiger partial charge in [-0.15, -0.1) is 0 Å². The summed E-state index contributed by atoms with van der Waals surface area (Å²) in [4.78, 5) is 14.3. The van der Waals surface area contributed by atoms with Gasteiger partial charge in [-0.1, -0.05) is 32.9 Å². The summed E-state index contributed by atoms with van der Waals surface area (Å²) in [6.07, 6.45) is 4.51. The van der Waals surface area contributed by atoms with Crippen LogP contribution in [0.2, 0.25) is 0 Å². The van der Waals surface area contributed by atoms with Crippen LogP contribution in [0.25, 0.3) is 0 Å². The van der Waals surface area contributed by atoms with Gasteiger partial charge in [0.1, 0.15) is 0 Å². The fourth-order valence-electron chi connectivity index (χ4n) is 2.10. The van der Waals surface area contributed by atoms with Crippen LogP contribution in [-0.4, -0.2) is 30.4 Å². The maximum atomic E-state index is 12.0. The molecule has 0 radical (unpaired) electrons. The fraction of sp³-hybridized carbons (Fsp3) is 0.471. The van der Waals surface area contributed by atoms with Crippen molar-refractivity contribution in [3.8, 4) is 0 Å². The highest BCUT2D eigenvalue weighted by Crippen LogP contribution is 2.15. The van der Waals surface area contributed by atoms with Crippen LogP contribution in [0.5, 0.6) is 0 Å². The quantitative estimate of drug-likeness (QED) is 0.690. The monoisotopic (exact) mass is 289 g/mol. The standard InChI is InChI=1S/C17H27N3O/c1-4-7-12-20(6-3)13-11-17(21)19-16-10-8-9-15(14-16)18-5-2/h5,8-10,14,18H,2,4,6-7,11-13H2,1,3H3,(H,19,21). The molecule has 0 fully saturated rings. The van der Waals surface area contributed by atoms with Gasteiger partial charge in [0.15, 0.2) is 0 Å². The molecule has 0 aliphatic carbocycles. The van der Waals surface area contributed by atoms with Gasteiger partial charge in [-0.2, -0.15) is 0 Å². The lowest BCUT2D eigenvalue weighted by molar-refractivity contribution is -0.116. The van der Waals surface area contributed by atoms with E-state index in [-0.39, 0.29) is 5.91 Å². The second-order valence-corrected chi connectivity index (χ2v) is 5.02. The Kier molecular flexibility index (Phi) is 8.21. The van der Waals surface area contributed by atoms with Gasteiger partial charge in [-0.25, -0.2) is 0 Å². The van der Waals surface area contributed by atoms with E-state index in [1.54, 1.807) is 6.20 Å². The Morgan fingerprint density at radius 3 is 2.71 bits per heavy atom. The highest BCUT2D eigenvalue weighted by atomic mass is 16.1. The van der Waals surface area contributed by atoms with E-state index in [4.69, 9.17) is 0 Å². The van der Waals surface area contributed by atoms with Crippen LogP contribution < -0.4 is 10.6 Å². The third-order valence-electron chi connectivity index (χ3n) is 3.35. The van der Waals surface area contributed by atoms with Crippen molar-refractivity contribution < 1.29 is 4.79 Å². The molecule has 0 heterocycles. The Bertz CT molecular complexity index is 445. The van der Waals surface area contributed by atoms with Crippen LogP contribution in [0.4, 0.5) is 11.4 Å². The molecule has 2 N–H and O–H groups in total. The zero-order chi connectivity index (χ0) is 15.5. The summed E-state index contributed by atoms with van der Waals surface area (Å²) in [5.41, 5.74) is 1.73. The first-order valence-corrected chi connectivity index (χ1v) is 7.69. The molecule has 0 unspecified atom stereocenters. The number of rotatable bonds is 10. The summed E-state index contributed by atoms with van der Waals surface area (Å²) < 4.78 is 0. The van der Waals surface area contributed by atoms with E-state index < -0.39 is 0 Å². The minimum absolute atomic E-state index is 0.0562. The molecule has 21 heavy (non-hydrogen) atoms. The van der Waals surface area contributed by atoms with Crippen LogP contribution in [0.1, 0.15) is 33.1 Å². The predicted molar refractivity (Wildman–Crippen MR) is 90.5 cm³/mol. The molecule has 0 aromatic heterocycles. The Morgan fingerprint density at radius 2 is 2.05 bits per heavy atom. The average Bonchev–Trinajstić information content (AvgIpc) is 2.48. The minimum Gasteiger partial charge on any atom is -0.362 e. The fourth-order valence-corrected chi connectivity index (χ4v) is 2.10. The molecule has 1 rings (SSSR count). The van der Waals surface area contributed by atoms with Crippen molar-refractivity contribution in [2.45, 2.75) is 33.1 Å². The van der Waals surface area contributed by atoms with Crippen LogP contribution in [-0.2, 0) is 4.79 Å². The number of hydrogen-bond donors (Lipinski definition) is 2. The molecule has 0 saturated heterocycles. The Morgan fingerprint density at radius 1 is 1.29 bits per heavy atom. The SMILES string of the molecule is C=CNc1cccc(NC(=O)CCN(CC)CCCC)c1. The lowest BCUT2D eigenvalue weighted by atomic mass is 10.2. The van der Waals surface area contributed by atoms with Crippen LogP contribution in [0.15, 0.2) is 37.0 Å². The number of amides is 1. The number of anilines is 2. The molecule has 0 aliphatic rings. The first-order valence-electron chi connectivity index (χ1n) is 7.69. The molecule has 0 saturated carbocycles. The maximum Gasteiger partial charge on any atom is 0.225 e. The van der Waals surface area contributed by atoms with E-state index in [0.717, 1.165) is 31.0 Å². The van der Waals surface area contributed by atoms with Gasteiger partial charge in [0, 0.05) is 24.3 Å². The van der Waals surface area contributed by atoms with Gasteiger partial charge >= 0.3 is 0 Å². The lowest BCUT2D eigenvalue weighted by Crippen LogP contribution is -2.28. The summed E-state index contributed by atoms with van der Waals surface area (Å²) in [7, 11) is 0. The van der Waals surface area contributed by atoms with Crippen LogP contribution in [0, 0.1) is 0 Å². The largest absolute Gasteiger partial charge is 0.362 e. The Hall–Kier alpha value is -1.81. The number of carbonyl (C=O) groups excluding carboxylic acids is 1. The lowest BCUT2D eigenvalue weighted by Gasteiger charge is -2.19. The number of unbranched alkanes of at least 4 members (excludes halogenated alkanes) is 1. The number of carbonyl (C=O) groups is 1. The third-order valence-corrected chi connectivity index (χ3v) is 3.35. The van der Waals surface area contributed by atoms with E-state index in [1.807, 2.05) is 24.3 Å². The van der Waals surface area contributed by atoms with E-state index >= 15 is 0 Å². The number of benzene rings is 1. The first-order chi connectivity index (χ1) is 10.2. The van der Waals surface area contributed by atoms with Crippen molar-refractivity contribution in [1.29, 1.82) is 0 Å². The number of nitrogens with one attached hydrogen (secondary N) is 2. The minimum atomic E-state index is 0.0562. The maximum absolute atomic E-state index is 12.0. The molecule has 0 bridgehead atoms. The van der Waals surface area contributed by atoms with Crippen molar-refractivity contribution >= 4 is 17.3 Å². The van der Waals surface area contributed by atoms with E-state index in [0.29, 0.717) is 6.42 Å². The Labute approximate surface area is 128 Å². The van der Waals surface area contributed by atoms with Gasteiger partial charge in [-0.3, -0.25) is 4.79 Å². The molecule has 1 aromatic carbocycles. The Balaban J connectivity index is 2.42. The van der Waals surface area contributed by atoms with Crippen LogP contribution in [0.3, 0.4) is 0 Å². The molecule has 0 atom stereocenters. The third kappa shape index (κ3) is 6.95. The van der Waals surface area contributed by atoms with E-state index in [1.165, 1.54) is 12.8 Å². The molecular formula is C17H27N3O. The van der Waals surface area contributed by atoms with Crippen molar-refractivity contribution in [3.63, 3.8) is 0 Å². The number of nitrogens with zero attached hydrogens (tertiary/aromatic N) is 1. The summed E-state index contributed by atoms with van der Waals surface area (Å²) >= 11 is 0. The van der Waals surface area contributed by atoms with Crippen molar-refractivity contribution in [2.75, 3.05) is 30.3 Å². The highest BCUT2D eigenvalue weighted by molar-refractivity contribution is 5.91. The highest BCUT2D eigenvalue weighted by Gasteiger charge is 2.07. The van der Waals surface area contributed by atoms with E-state index in [9.17, 15) is 4.79 Å². The summed E-state index contributed by atoms with van der Waals surface area (Å²) in [5, 5.41) is 5.94. The molecular weight excluding hydrogens is 262 g/mol. The molecule has 1 amide bonds. The average molecular weight is 289 g/mol. The molecule has 116 valence electrons. The summed E-state index contributed by atoms with van der Waals surface area (Å²) in [6.45, 7) is 10.8. The van der Waals surface area contributed by atoms with Gasteiger partial charge < -0.3 is 15.5 Å². The smallest absolute Gasteiger partial charge is 0.225 e. The second kappa shape index (κ2) is 10.00. The molecule has 0 spiro atoms. The van der Waals surface area contributed by atoms with Gasteiger partial charge in [0.2, 0.25) is 5.91 Å². The summed E-state index contributed by atoms with van der Waals surface area (Å²) in [5.74, 6) is 0.0562. The molecule has 1 aromatic rings. The summed E-state index contributed by atoms with van der Waals surface area (Å²) in [6, 6.07) is 7.62. The van der Waals surface area contributed by atoms with Crippen molar-refractivity contribution in [1.82, 2.24) is 4.90 Å². The van der Waals surface area contributed by atoms with Gasteiger partial charge in [0.25, 0.3) is 0 Å². The normalized spacial score (nSPS) is 10.4. The molecule has 0 aliphatic heterocycles. The van der Waals surface area contributed by atoms with E-state index in [2.05, 4.69) is 36.0 Å². The number of hydrogen-bond acceptors (Lipinski definition) is 3. The molecule has 4 nitrogen and oxygen atoms in total. The zero-order valence-corrected chi connectivity index (χ0v) is 13.2. The second-order valence-electron chi connectivity index (χ2n) is 5.02. The van der Waals surface area contributed by atoms with Gasteiger partial charge in [0.05, 0.1) is 0 Å².